The summed E-state index contributed by atoms with van der Waals surface area (Å²) in [6, 6.07) is 0.243. The average molecular weight is 267 g/mol. The van der Waals surface area contributed by atoms with Gasteiger partial charge in [0, 0.05) is 36.3 Å². The molecule has 0 saturated heterocycles. The minimum absolute atomic E-state index is 0.140. The highest BCUT2D eigenvalue weighted by atomic mass is 16.3. The van der Waals surface area contributed by atoms with Crippen LogP contribution in [0.2, 0.25) is 0 Å². The van der Waals surface area contributed by atoms with Crippen molar-refractivity contribution in [3.63, 3.8) is 0 Å². The molecule has 2 unspecified atom stereocenters. The van der Waals surface area contributed by atoms with Crippen molar-refractivity contribution in [2.45, 2.75) is 53.7 Å². The van der Waals surface area contributed by atoms with Gasteiger partial charge >= 0.3 is 0 Å². The predicted molar refractivity (Wildman–Crippen MR) is 79.0 cm³/mol. The van der Waals surface area contributed by atoms with E-state index >= 15 is 0 Å². The lowest BCUT2D eigenvalue weighted by molar-refractivity contribution is 0.0123. The molecule has 0 radical (unpaired) electrons. The number of aliphatic hydroxyl groups excluding tert-OH is 1. The van der Waals surface area contributed by atoms with Crippen molar-refractivity contribution < 1.29 is 5.11 Å². The zero-order valence-electron chi connectivity index (χ0n) is 13.4. The SMILES string of the molecule is Cc1c(C(C)NCC(C)(C)C(O)C(C)C)cnn1C. The molecule has 4 heteroatoms. The molecular formula is C15H29N3O. The van der Waals surface area contributed by atoms with E-state index < -0.39 is 0 Å². The lowest BCUT2D eigenvalue weighted by Gasteiger charge is -2.34. The first kappa shape index (κ1) is 16.2. The van der Waals surface area contributed by atoms with Crippen molar-refractivity contribution in [3.8, 4) is 0 Å². The van der Waals surface area contributed by atoms with Crippen molar-refractivity contribution >= 4 is 0 Å². The van der Waals surface area contributed by atoms with Gasteiger partial charge in [0.25, 0.3) is 0 Å². The van der Waals surface area contributed by atoms with Crippen LogP contribution in [-0.4, -0.2) is 27.5 Å². The molecule has 4 nitrogen and oxygen atoms in total. The van der Waals surface area contributed by atoms with Crippen LogP contribution >= 0.6 is 0 Å². The summed E-state index contributed by atoms with van der Waals surface area (Å²) in [5.41, 5.74) is 2.26. The number of hydrogen-bond acceptors (Lipinski definition) is 3. The van der Waals surface area contributed by atoms with E-state index in [1.807, 2.05) is 17.9 Å². The fourth-order valence-corrected chi connectivity index (χ4v) is 2.47. The molecule has 0 amide bonds. The number of hydrogen-bond donors (Lipinski definition) is 2. The molecule has 110 valence electrons. The fourth-order valence-electron chi connectivity index (χ4n) is 2.47. The number of nitrogens with one attached hydrogen (secondary N) is 1. The van der Waals surface area contributed by atoms with E-state index in [0.717, 1.165) is 6.54 Å². The maximum atomic E-state index is 10.2. The van der Waals surface area contributed by atoms with Crippen molar-refractivity contribution in [1.29, 1.82) is 0 Å². The normalized spacial score (nSPS) is 15.8. The van der Waals surface area contributed by atoms with Gasteiger partial charge in [0.05, 0.1) is 12.3 Å². The van der Waals surface area contributed by atoms with Crippen LogP contribution in [0.3, 0.4) is 0 Å². The van der Waals surface area contributed by atoms with Crippen molar-refractivity contribution in [2.75, 3.05) is 6.54 Å². The Kier molecular flexibility index (Phi) is 5.16. The first-order valence-corrected chi connectivity index (χ1v) is 7.06. The minimum Gasteiger partial charge on any atom is -0.392 e. The van der Waals surface area contributed by atoms with Gasteiger partial charge in [0.15, 0.2) is 0 Å². The molecule has 0 aliphatic heterocycles. The Morgan fingerprint density at radius 1 is 1.37 bits per heavy atom. The highest BCUT2D eigenvalue weighted by Crippen LogP contribution is 2.26. The Hall–Kier alpha value is -0.870. The van der Waals surface area contributed by atoms with E-state index in [1.165, 1.54) is 11.3 Å². The number of aromatic nitrogens is 2. The van der Waals surface area contributed by atoms with E-state index in [0.29, 0.717) is 0 Å². The zero-order valence-corrected chi connectivity index (χ0v) is 13.4. The molecule has 0 fully saturated rings. The van der Waals surface area contributed by atoms with E-state index in [1.54, 1.807) is 0 Å². The van der Waals surface area contributed by atoms with Crippen molar-refractivity contribution in [3.05, 3.63) is 17.5 Å². The van der Waals surface area contributed by atoms with E-state index in [4.69, 9.17) is 0 Å². The molecule has 1 aromatic rings. The van der Waals surface area contributed by atoms with E-state index in [9.17, 15) is 5.11 Å². The third-order valence-electron chi connectivity index (χ3n) is 4.04. The van der Waals surface area contributed by atoms with Crippen LogP contribution in [0.15, 0.2) is 6.20 Å². The molecule has 0 aliphatic rings. The van der Waals surface area contributed by atoms with Gasteiger partial charge in [0.2, 0.25) is 0 Å². The van der Waals surface area contributed by atoms with Gasteiger partial charge in [-0.1, -0.05) is 27.7 Å². The largest absolute Gasteiger partial charge is 0.392 e. The quantitative estimate of drug-likeness (QED) is 0.832. The summed E-state index contributed by atoms with van der Waals surface area (Å²) in [7, 11) is 1.96. The highest BCUT2D eigenvalue weighted by Gasteiger charge is 2.30. The lowest BCUT2D eigenvalue weighted by Crippen LogP contribution is -2.42. The van der Waals surface area contributed by atoms with E-state index in [2.05, 4.69) is 52.0 Å². The van der Waals surface area contributed by atoms with Crippen LogP contribution in [0.4, 0.5) is 0 Å². The number of rotatable bonds is 6. The van der Waals surface area contributed by atoms with E-state index in [-0.39, 0.29) is 23.5 Å². The summed E-state index contributed by atoms with van der Waals surface area (Å²) in [5, 5.41) is 18.0. The minimum atomic E-state index is -0.304. The molecule has 19 heavy (non-hydrogen) atoms. The third kappa shape index (κ3) is 3.80. The molecular weight excluding hydrogens is 238 g/mol. The van der Waals surface area contributed by atoms with Gasteiger partial charge in [-0.05, 0) is 19.8 Å². The summed E-state index contributed by atoms with van der Waals surface area (Å²) in [5.74, 6) is 0.271. The molecule has 2 atom stereocenters. The standard InChI is InChI=1S/C15H29N3O/c1-10(2)14(19)15(5,6)9-16-11(3)13-8-17-18(7)12(13)4/h8,10-11,14,16,19H,9H2,1-7H3. The van der Waals surface area contributed by atoms with Gasteiger partial charge in [-0.3, -0.25) is 4.68 Å². The molecule has 2 N–H and O–H groups in total. The maximum Gasteiger partial charge on any atom is 0.0626 e. The van der Waals surface area contributed by atoms with Crippen LogP contribution in [0.1, 0.15) is 51.9 Å². The van der Waals surface area contributed by atoms with Gasteiger partial charge in [0.1, 0.15) is 0 Å². The van der Waals surface area contributed by atoms with Crippen LogP contribution < -0.4 is 5.32 Å². The molecule has 0 bridgehead atoms. The maximum absolute atomic E-state index is 10.2. The Balaban J connectivity index is 2.64. The summed E-state index contributed by atoms with van der Waals surface area (Å²) < 4.78 is 1.89. The molecule has 0 aromatic carbocycles. The van der Waals surface area contributed by atoms with Crippen LogP contribution in [0, 0.1) is 18.3 Å². The zero-order chi connectivity index (χ0) is 14.8. The average Bonchev–Trinajstić information content (AvgIpc) is 2.66. The first-order chi connectivity index (χ1) is 8.66. The summed E-state index contributed by atoms with van der Waals surface area (Å²) in [6.45, 7) is 13.3. The topological polar surface area (TPSA) is 50.1 Å². The van der Waals surface area contributed by atoms with Crippen LogP contribution in [0.25, 0.3) is 0 Å². The highest BCUT2D eigenvalue weighted by molar-refractivity contribution is 5.19. The second-order valence-corrected chi connectivity index (χ2v) is 6.59. The van der Waals surface area contributed by atoms with Gasteiger partial charge in [-0.2, -0.15) is 5.10 Å². The summed E-state index contributed by atoms with van der Waals surface area (Å²) >= 11 is 0. The molecule has 0 aliphatic carbocycles. The molecule has 1 heterocycles. The summed E-state index contributed by atoms with van der Waals surface area (Å²) in [4.78, 5) is 0. The Morgan fingerprint density at radius 2 is 1.95 bits per heavy atom. The van der Waals surface area contributed by atoms with Crippen molar-refractivity contribution in [2.24, 2.45) is 18.4 Å². The second kappa shape index (κ2) is 6.06. The fraction of sp³-hybridized carbons (Fsp3) is 0.800. The second-order valence-electron chi connectivity index (χ2n) is 6.59. The number of aryl methyl sites for hydroxylation is 1. The van der Waals surface area contributed by atoms with Crippen LogP contribution in [-0.2, 0) is 7.05 Å². The molecule has 0 saturated carbocycles. The first-order valence-electron chi connectivity index (χ1n) is 7.06. The smallest absolute Gasteiger partial charge is 0.0626 e. The molecule has 1 rings (SSSR count). The van der Waals surface area contributed by atoms with Gasteiger partial charge in [-0.25, -0.2) is 0 Å². The summed E-state index contributed by atoms with van der Waals surface area (Å²) in [6.07, 6.45) is 1.61. The molecule has 1 aromatic heterocycles. The molecule has 0 spiro atoms. The van der Waals surface area contributed by atoms with Gasteiger partial charge < -0.3 is 10.4 Å². The Bertz CT molecular complexity index is 410. The predicted octanol–water partition coefficient (Wildman–Crippen LogP) is 2.42. The Morgan fingerprint density at radius 3 is 2.37 bits per heavy atom. The number of nitrogens with zero attached hydrogens (tertiary/aromatic N) is 2. The Labute approximate surface area is 117 Å². The third-order valence-corrected chi connectivity index (χ3v) is 4.04. The van der Waals surface area contributed by atoms with Crippen molar-refractivity contribution in [1.82, 2.24) is 15.1 Å². The number of aliphatic hydroxyl groups is 1. The van der Waals surface area contributed by atoms with Gasteiger partial charge in [-0.15, -0.1) is 0 Å². The van der Waals surface area contributed by atoms with Crippen LogP contribution in [0.5, 0.6) is 0 Å². The monoisotopic (exact) mass is 267 g/mol. The lowest BCUT2D eigenvalue weighted by atomic mass is 9.80.